The van der Waals surface area contributed by atoms with Crippen LogP contribution in [0.1, 0.15) is 63.5 Å². The molecule has 0 aliphatic heterocycles. The average Bonchev–Trinajstić information content (AvgIpc) is 2.91. The number of unbranched alkanes of at least 4 members (excludes halogenated alkanes) is 5. The molecule has 0 aliphatic rings. The van der Waals surface area contributed by atoms with Crippen molar-refractivity contribution in [2.45, 2.75) is 71.4 Å². The number of ether oxygens (including phenoxy) is 1. The molecule has 198 valence electrons. The molecule has 2 amide bonds. The van der Waals surface area contributed by atoms with Crippen molar-refractivity contribution in [1.29, 1.82) is 0 Å². The Balaban J connectivity index is 1.98. The first-order valence-corrected chi connectivity index (χ1v) is 13.0. The van der Waals surface area contributed by atoms with Gasteiger partial charge in [-0.05, 0) is 36.6 Å². The first kappa shape index (κ1) is 29.3. The smallest absolute Gasteiger partial charge is 0.242 e. The third-order valence-corrected chi connectivity index (χ3v) is 6.31. The third-order valence-electron chi connectivity index (χ3n) is 6.31. The van der Waals surface area contributed by atoms with Crippen molar-refractivity contribution in [3.63, 3.8) is 0 Å². The van der Waals surface area contributed by atoms with Gasteiger partial charge in [0.1, 0.15) is 18.4 Å². The minimum absolute atomic E-state index is 0.278. The molecule has 0 aromatic heterocycles. The second-order valence-electron chi connectivity index (χ2n) is 9.58. The summed E-state index contributed by atoms with van der Waals surface area (Å²) in [5.74, 6) is -0.126. The van der Waals surface area contributed by atoms with Gasteiger partial charge in [0.15, 0.2) is 0 Å². The van der Waals surface area contributed by atoms with E-state index >= 15 is 0 Å². The molecule has 2 rings (SSSR count). The number of aliphatic hydroxyl groups excluding tert-OH is 2. The van der Waals surface area contributed by atoms with Crippen LogP contribution in [0.2, 0.25) is 0 Å². The fraction of sp³-hybridized carbons (Fsp3) is 0.517. The minimum atomic E-state index is -1.37. The van der Waals surface area contributed by atoms with Gasteiger partial charge in [-0.1, -0.05) is 81.5 Å². The fourth-order valence-electron chi connectivity index (χ4n) is 3.67. The molecule has 36 heavy (non-hydrogen) atoms. The van der Waals surface area contributed by atoms with Crippen molar-refractivity contribution in [3.05, 3.63) is 65.7 Å². The van der Waals surface area contributed by atoms with Gasteiger partial charge in [-0.2, -0.15) is 0 Å². The molecule has 7 heteroatoms. The Morgan fingerprint density at radius 2 is 1.53 bits per heavy atom. The van der Waals surface area contributed by atoms with Crippen molar-refractivity contribution in [1.82, 2.24) is 10.6 Å². The molecule has 0 saturated carbocycles. The zero-order valence-electron chi connectivity index (χ0n) is 21.7. The molecule has 2 aromatic rings. The first-order chi connectivity index (χ1) is 17.4. The molecule has 0 unspecified atom stereocenters. The summed E-state index contributed by atoms with van der Waals surface area (Å²) in [4.78, 5) is 25.7. The lowest BCUT2D eigenvalue weighted by Gasteiger charge is -2.27. The van der Waals surface area contributed by atoms with Crippen LogP contribution < -0.4 is 15.4 Å². The second kappa shape index (κ2) is 16.0. The predicted octanol–water partition coefficient (Wildman–Crippen LogP) is 3.76. The summed E-state index contributed by atoms with van der Waals surface area (Å²) in [5.41, 5.74) is 0.561. The Hall–Kier alpha value is -2.90. The molecule has 0 bridgehead atoms. The zero-order chi connectivity index (χ0) is 26.2. The second-order valence-corrected chi connectivity index (χ2v) is 9.58. The number of carbonyl (C=O) groups is 2. The molecule has 1 atom stereocenters. The Morgan fingerprint density at radius 3 is 2.17 bits per heavy atom. The van der Waals surface area contributed by atoms with Gasteiger partial charge in [0.2, 0.25) is 11.8 Å². The number of hydrogen-bond acceptors (Lipinski definition) is 5. The average molecular weight is 499 g/mol. The Bertz CT molecular complexity index is 898. The summed E-state index contributed by atoms with van der Waals surface area (Å²) in [7, 11) is 0. The third kappa shape index (κ3) is 9.99. The summed E-state index contributed by atoms with van der Waals surface area (Å²) >= 11 is 0. The van der Waals surface area contributed by atoms with Crippen LogP contribution in [0.25, 0.3) is 0 Å². The summed E-state index contributed by atoms with van der Waals surface area (Å²) in [5, 5.41) is 24.8. The van der Waals surface area contributed by atoms with Crippen molar-refractivity contribution in [3.8, 4) is 5.75 Å². The predicted molar refractivity (Wildman–Crippen MR) is 142 cm³/mol. The molecule has 7 nitrogen and oxygen atoms in total. The maximum absolute atomic E-state index is 13.0. The number of aliphatic hydroxyl groups is 2. The Kier molecular flexibility index (Phi) is 13.0. The lowest BCUT2D eigenvalue weighted by Crippen LogP contribution is -2.54. The zero-order valence-corrected chi connectivity index (χ0v) is 21.7. The van der Waals surface area contributed by atoms with E-state index in [1.54, 1.807) is 0 Å². The molecule has 0 fully saturated rings. The van der Waals surface area contributed by atoms with Crippen LogP contribution in [-0.4, -0.2) is 47.8 Å². The summed E-state index contributed by atoms with van der Waals surface area (Å²) in [6.45, 7) is 3.61. The monoisotopic (exact) mass is 498 g/mol. The standard InChI is InChI=1S/C29H42N2O5/c1-3-4-5-6-7-11-18-30-27(34)26(31-28(35)29(2,21-32)22-33)19-23-14-16-25(17-15-23)36-20-24-12-9-8-10-13-24/h8-10,12-17,26,32-33H,3-7,11,18-22H2,1-2H3,(H,30,34)(H,31,35)/t26-/m0/s1. The number of hydrogen-bond donors (Lipinski definition) is 4. The molecular weight excluding hydrogens is 456 g/mol. The van der Waals surface area contributed by atoms with Crippen LogP contribution in [0.5, 0.6) is 5.75 Å². The van der Waals surface area contributed by atoms with E-state index in [0.29, 0.717) is 18.9 Å². The van der Waals surface area contributed by atoms with Gasteiger partial charge in [-0.25, -0.2) is 0 Å². The molecule has 0 aliphatic carbocycles. The quantitative estimate of drug-likeness (QED) is 0.249. The maximum Gasteiger partial charge on any atom is 0.242 e. The molecule has 0 saturated heterocycles. The van der Waals surface area contributed by atoms with Crippen molar-refractivity contribution < 1.29 is 24.5 Å². The lowest BCUT2D eigenvalue weighted by atomic mass is 9.91. The number of benzene rings is 2. The lowest BCUT2D eigenvalue weighted by molar-refractivity contribution is -0.138. The molecular formula is C29H42N2O5. The summed E-state index contributed by atoms with van der Waals surface area (Å²) < 4.78 is 5.83. The highest BCUT2D eigenvalue weighted by Gasteiger charge is 2.34. The van der Waals surface area contributed by atoms with E-state index in [0.717, 1.165) is 30.4 Å². The van der Waals surface area contributed by atoms with E-state index in [4.69, 9.17) is 4.74 Å². The van der Waals surface area contributed by atoms with E-state index in [9.17, 15) is 19.8 Å². The van der Waals surface area contributed by atoms with Gasteiger partial charge < -0.3 is 25.6 Å². The number of nitrogens with one attached hydrogen (secondary N) is 2. The van der Waals surface area contributed by atoms with Gasteiger partial charge in [0.25, 0.3) is 0 Å². The highest BCUT2D eigenvalue weighted by molar-refractivity contribution is 5.90. The van der Waals surface area contributed by atoms with E-state index in [2.05, 4.69) is 17.6 Å². The van der Waals surface area contributed by atoms with Crippen LogP contribution in [0.4, 0.5) is 0 Å². The first-order valence-electron chi connectivity index (χ1n) is 13.0. The van der Waals surface area contributed by atoms with Crippen LogP contribution in [-0.2, 0) is 22.6 Å². The highest BCUT2D eigenvalue weighted by atomic mass is 16.5. The topological polar surface area (TPSA) is 108 Å². The summed E-state index contributed by atoms with van der Waals surface area (Å²) in [6.07, 6.45) is 6.98. The fourth-order valence-corrected chi connectivity index (χ4v) is 3.67. The van der Waals surface area contributed by atoms with Crippen molar-refractivity contribution in [2.75, 3.05) is 19.8 Å². The molecule has 0 spiro atoms. The minimum Gasteiger partial charge on any atom is -0.489 e. The van der Waals surface area contributed by atoms with Gasteiger partial charge >= 0.3 is 0 Å². The Labute approximate surface area is 215 Å². The number of amides is 2. The van der Waals surface area contributed by atoms with E-state index < -0.39 is 30.6 Å². The molecule has 0 radical (unpaired) electrons. The number of carbonyl (C=O) groups excluding carboxylic acids is 2. The van der Waals surface area contributed by atoms with Gasteiger partial charge in [0.05, 0.1) is 18.6 Å². The number of rotatable bonds is 17. The van der Waals surface area contributed by atoms with Gasteiger partial charge in [-0.15, -0.1) is 0 Å². The van der Waals surface area contributed by atoms with Crippen LogP contribution in [0.3, 0.4) is 0 Å². The van der Waals surface area contributed by atoms with Crippen molar-refractivity contribution >= 4 is 11.8 Å². The van der Waals surface area contributed by atoms with Crippen LogP contribution in [0.15, 0.2) is 54.6 Å². The van der Waals surface area contributed by atoms with Gasteiger partial charge in [-0.3, -0.25) is 9.59 Å². The van der Waals surface area contributed by atoms with Crippen molar-refractivity contribution in [2.24, 2.45) is 5.41 Å². The maximum atomic E-state index is 13.0. The Morgan fingerprint density at radius 1 is 0.889 bits per heavy atom. The van der Waals surface area contributed by atoms with E-state index in [1.807, 2.05) is 54.6 Å². The molecule has 0 heterocycles. The van der Waals surface area contributed by atoms with Crippen LogP contribution in [0, 0.1) is 5.41 Å². The van der Waals surface area contributed by atoms with E-state index in [1.165, 1.54) is 26.2 Å². The normalized spacial score (nSPS) is 12.1. The molecule has 2 aromatic carbocycles. The largest absolute Gasteiger partial charge is 0.489 e. The van der Waals surface area contributed by atoms with Crippen LogP contribution >= 0.6 is 0 Å². The molecule has 4 N–H and O–H groups in total. The van der Waals surface area contributed by atoms with Gasteiger partial charge in [0, 0.05) is 13.0 Å². The highest BCUT2D eigenvalue weighted by Crippen LogP contribution is 2.18. The summed E-state index contributed by atoms with van der Waals surface area (Å²) in [6, 6.07) is 16.5. The van der Waals surface area contributed by atoms with E-state index in [-0.39, 0.29) is 12.3 Å². The SMILES string of the molecule is CCCCCCCCNC(=O)[C@H](Cc1ccc(OCc2ccccc2)cc1)NC(=O)C(C)(CO)CO.